The quantitative estimate of drug-likeness (QED) is 0.301. The third-order valence-corrected chi connectivity index (χ3v) is 6.99. The lowest BCUT2D eigenvalue weighted by Crippen LogP contribution is -2.40. The van der Waals surface area contributed by atoms with E-state index in [9.17, 15) is 9.59 Å². The van der Waals surface area contributed by atoms with Gasteiger partial charge in [0.05, 0.1) is 22.6 Å². The van der Waals surface area contributed by atoms with Crippen LogP contribution in [0.5, 0.6) is 0 Å². The number of fused-ring (bicyclic) bond motifs is 1. The highest BCUT2D eigenvalue weighted by Gasteiger charge is 2.26. The van der Waals surface area contributed by atoms with Gasteiger partial charge in [0.1, 0.15) is 5.82 Å². The van der Waals surface area contributed by atoms with E-state index in [1.54, 1.807) is 4.57 Å². The molecule has 6 nitrogen and oxygen atoms in total. The lowest BCUT2D eigenvalue weighted by atomic mass is 10.1. The van der Waals surface area contributed by atoms with Gasteiger partial charge in [0.15, 0.2) is 0 Å². The van der Waals surface area contributed by atoms with Gasteiger partial charge in [-0.1, -0.05) is 50.8 Å². The van der Waals surface area contributed by atoms with E-state index in [0.717, 1.165) is 37.1 Å². The van der Waals surface area contributed by atoms with Crippen molar-refractivity contribution in [3.05, 3.63) is 69.8 Å². The van der Waals surface area contributed by atoms with Crippen LogP contribution < -0.4 is 5.56 Å². The Morgan fingerprint density at radius 2 is 1.69 bits per heavy atom. The van der Waals surface area contributed by atoms with E-state index < -0.39 is 0 Å². The first kappa shape index (κ1) is 27.6. The standard InChI is InChI=1S/C30H42N4O2/c1-7-8-9-10-11-16-28(35)33(20-19-32(5)6)24(4)29-31-27-15-13-12-14-26(27)30(36)34(29)25-18-17-22(2)23(3)21-25/h12-15,17-18,21,24H,7-11,16,19-20H2,1-6H3. The fourth-order valence-electron chi connectivity index (χ4n) is 4.55. The molecule has 0 aliphatic heterocycles. The Labute approximate surface area is 216 Å². The van der Waals surface area contributed by atoms with Crippen LogP contribution in [-0.4, -0.2) is 52.4 Å². The number of rotatable bonds is 12. The van der Waals surface area contributed by atoms with Crippen molar-refractivity contribution in [2.45, 2.75) is 72.3 Å². The predicted molar refractivity (Wildman–Crippen MR) is 149 cm³/mol. The van der Waals surface area contributed by atoms with Crippen molar-refractivity contribution in [3.63, 3.8) is 0 Å². The highest BCUT2D eigenvalue weighted by molar-refractivity contribution is 5.79. The molecule has 0 bridgehead atoms. The molecule has 2 aromatic carbocycles. The van der Waals surface area contributed by atoms with Crippen molar-refractivity contribution < 1.29 is 4.79 Å². The van der Waals surface area contributed by atoms with Crippen molar-refractivity contribution in [2.75, 3.05) is 27.2 Å². The Morgan fingerprint density at radius 3 is 2.39 bits per heavy atom. The van der Waals surface area contributed by atoms with E-state index in [4.69, 9.17) is 4.98 Å². The average Bonchev–Trinajstić information content (AvgIpc) is 2.85. The molecule has 1 heterocycles. The monoisotopic (exact) mass is 490 g/mol. The molecule has 1 amide bonds. The molecule has 3 aromatic rings. The summed E-state index contributed by atoms with van der Waals surface area (Å²) >= 11 is 0. The summed E-state index contributed by atoms with van der Waals surface area (Å²) in [5.41, 5.74) is 3.61. The maximum Gasteiger partial charge on any atom is 0.266 e. The molecule has 1 aromatic heterocycles. The first-order valence-electron chi connectivity index (χ1n) is 13.3. The molecule has 0 N–H and O–H groups in total. The van der Waals surface area contributed by atoms with Crippen LogP contribution in [0, 0.1) is 13.8 Å². The van der Waals surface area contributed by atoms with E-state index in [1.807, 2.05) is 75.3 Å². The van der Waals surface area contributed by atoms with Crippen molar-refractivity contribution in [1.29, 1.82) is 0 Å². The summed E-state index contributed by atoms with van der Waals surface area (Å²) < 4.78 is 1.70. The number of aryl methyl sites for hydroxylation is 2. The van der Waals surface area contributed by atoms with Crippen LogP contribution in [0.25, 0.3) is 16.6 Å². The lowest BCUT2D eigenvalue weighted by Gasteiger charge is -2.31. The molecule has 194 valence electrons. The number of amides is 1. The van der Waals surface area contributed by atoms with Gasteiger partial charge in [0.2, 0.25) is 5.91 Å². The Hall–Kier alpha value is -2.99. The SMILES string of the molecule is CCCCCCCC(=O)N(CCN(C)C)C(C)c1nc2ccccc2c(=O)n1-c1ccc(C)c(C)c1. The van der Waals surface area contributed by atoms with Crippen molar-refractivity contribution in [1.82, 2.24) is 19.4 Å². The molecule has 3 rings (SSSR count). The summed E-state index contributed by atoms with van der Waals surface area (Å²) in [6, 6.07) is 13.1. The van der Waals surface area contributed by atoms with E-state index in [1.165, 1.54) is 18.4 Å². The van der Waals surface area contributed by atoms with Gasteiger partial charge in [-0.25, -0.2) is 4.98 Å². The molecule has 0 fully saturated rings. The molecule has 0 aliphatic rings. The summed E-state index contributed by atoms with van der Waals surface area (Å²) in [5.74, 6) is 0.718. The molecule has 0 radical (unpaired) electrons. The summed E-state index contributed by atoms with van der Waals surface area (Å²) in [7, 11) is 4.02. The first-order valence-corrected chi connectivity index (χ1v) is 13.3. The number of hydrogen-bond acceptors (Lipinski definition) is 4. The molecule has 36 heavy (non-hydrogen) atoms. The Morgan fingerprint density at radius 1 is 0.972 bits per heavy atom. The predicted octanol–water partition coefficient (Wildman–Crippen LogP) is 5.81. The van der Waals surface area contributed by atoms with E-state index in [-0.39, 0.29) is 17.5 Å². The molecule has 0 saturated heterocycles. The van der Waals surface area contributed by atoms with Gasteiger partial charge in [0, 0.05) is 19.5 Å². The summed E-state index contributed by atoms with van der Waals surface area (Å²) in [5, 5.41) is 0.578. The summed E-state index contributed by atoms with van der Waals surface area (Å²) in [4.78, 5) is 36.2. The number of unbranched alkanes of at least 4 members (excludes halogenated alkanes) is 4. The lowest BCUT2D eigenvalue weighted by molar-refractivity contribution is -0.133. The van der Waals surface area contributed by atoms with Gasteiger partial charge in [-0.15, -0.1) is 0 Å². The van der Waals surface area contributed by atoms with Crippen molar-refractivity contribution >= 4 is 16.8 Å². The minimum absolute atomic E-state index is 0.106. The highest BCUT2D eigenvalue weighted by atomic mass is 16.2. The van der Waals surface area contributed by atoms with Crippen LogP contribution in [0.15, 0.2) is 47.3 Å². The zero-order chi connectivity index (χ0) is 26.2. The van der Waals surface area contributed by atoms with Crippen LogP contribution in [0.3, 0.4) is 0 Å². The number of likely N-dealkylation sites (N-methyl/N-ethyl adjacent to an activating group) is 1. The van der Waals surface area contributed by atoms with E-state index in [0.29, 0.717) is 29.7 Å². The summed E-state index contributed by atoms with van der Waals surface area (Å²) in [6.45, 7) is 9.63. The number of carbonyl (C=O) groups is 1. The Kier molecular flexibility index (Phi) is 9.82. The van der Waals surface area contributed by atoms with Crippen LogP contribution in [0.2, 0.25) is 0 Å². The smallest absolute Gasteiger partial charge is 0.266 e. The number of aromatic nitrogens is 2. The van der Waals surface area contributed by atoms with E-state index >= 15 is 0 Å². The molecule has 6 heteroatoms. The largest absolute Gasteiger partial charge is 0.331 e. The van der Waals surface area contributed by atoms with Gasteiger partial charge in [0.25, 0.3) is 5.56 Å². The number of para-hydroxylation sites is 1. The van der Waals surface area contributed by atoms with E-state index in [2.05, 4.69) is 18.7 Å². The second-order valence-electron chi connectivity index (χ2n) is 10.1. The third kappa shape index (κ3) is 6.61. The fraction of sp³-hybridized carbons (Fsp3) is 0.500. The number of hydrogen-bond donors (Lipinski definition) is 0. The van der Waals surface area contributed by atoms with Crippen LogP contribution >= 0.6 is 0 Å². The number of carbonyl (C=O) groups excluding carboxylic acids is 1. The van der Waals surface area contributed by atoms with Gasteiger partial charge >= 0.3 is 0 Å². The topological polar surface area (TPSA) is 58.4 Å². The molecule has 0 spiro atoms. The summed E-state index contributed by atoms with van der Waals surface area (Å²) in [6.07, 6.45) is 6.02. The molecular formula is C30H42N4O2. The fourth-order valence-corrected chi connectivity index (χ4v) is 4.55. The van der Waals surface area contributed by atoms with Crippen LogP contribution in [0.1, 0.15) is 75.4 Å². The highest BCUT2D eigenvalue weighted by Crippen LogP contribution is 2.25. The molecule has 0 aliphatic carbocycles. The van der Waals surface area contributed by atoms with Gasteiger partial charge in [-0.3, -0.25) is 14.2 Å². The van der Waals surface area contributed by atoms with Gasteiger partial charge in [-0.05, 0) is 76.7 Å². The second-order valence-corrected chi connectivity index (χ2v) is 10.1. The second kappa shape index (κ2) is 12.8. The van der Waals surface area contributed by atoms with Crippen LogP contribution in [-0.2, 0) is 4.79 Å². The zero-order valence-electron chi connectivity index (χ0n) is 22.9. The molecule has 1 unspecified atom stereocenters. The Bertz CT molecular complexity index is 1230. The first-order chi connectivity index (χ1) is 17.2. The minimum Gasteiger partial charge on any atom is -0.331 e. The number of benzene rings is 2. The van der Waals surface area contributed by atoms with Gasteiger partial charge in [-0.2, -0.15) is 0 Å². The van der Waals surface area contributed by atoms with Crippen molar-refractivity contribution in [2.24, 2.45) is 0 Å². The van der Waals surface area contributed by atoms with Gasteiger partial charge < -0.3 is 9.80 Å². The average molecular weight is 491 g/mol. The third-order valence-electron chi connectivity index (χ3n) is 6.99. The maximum absolute atomic E-state index is 13.8. The molecular weight excluding hydrogens is 448 g/mol. The maximum atomic E-state index is 13.8. The minimum atomic E-state index is -0.355. The number of nitrogens with zero attached hydrogens (tertiary/aromatic N) is 4. The molecule has 0 saturated carbocycles. The van der Waals surface area contributed by atoms with Crippen molar-refractivity contribution in [3.8, 4) is 5.69 Å². The molecule has 1 atom stereocenters. The normalized spacial score (nSPS) is 12.3. The van der Waals surface area contributed by atoms with Crippen LogP contribution in [0.4, 0.5) is 0 Å². The zero-order valence-corrected chi connectivity index (χ0v) is 22.9. The Balaban J connectivity index is 2.07.